The molecule has 0 aliphatic rings. The molecule has 0 amide bonds. The number of fused-ring (bicyclic) bond motifs is 3. The normalized spacial score (nSPS) is 11.2. The van der Waals surface area contributed by atoms with E-state index in [0.29, 0.717) is 39.9 Å². The molecule has 7 heteroatoms. The molecule has 2 aromatic heterocycles. The quantitative estimate of drug-likeness (QED) is 0.174. The second kappa shape index (κ2) is 13.1. The zero-order chi connectivity index (χ0) is 35.9. The van der Waals surface area contributed by atoms with Gasteiger partial charge in [0.2, 0.25) is 0 Å². The molecular formula is C46H27F2N5. The molecule has 0 spiro atoms. The summed E-state index contributed by atoms with van der Waals surface area (Å²) in [4.78, 5) is 15.0. The third-order valence-electron chi connectivity index (χ3n) is 9.44. The summed E-state index contributed by atoms with van der Waals surface area (Å²) in [7, 11) is 0. The number of hydrogen-bond donors (Lipinski definition) is 0. The molecule has 5 nitrogen and oxygen atoms in total. The van der Waals surface area contributed by atoms with Crippen LogP contribution in [0.25, 0.3) is 83.9 Å². The Morgan fingerprint density at radius 2 is 1.04 bits per heavy atom. The summed E-state index contributed by atoms with van der Waals surface area (Å²) >= 11 is 0. The number of nitrogens with zero attached hydrogens (tertiary/aromatic N) is 5. The first-order chi connectivity index (χ1) is 26.0. The van der Waals surface area contributed by atoms with Crippen molar-refractivity contribution in [2.24, 2.45) is 0 Å². The van der Waals surface area contributed by atoms with Crippen LogP contribution in [-0.2, 0) is 0 Å². The van der Waals surface area contributed by atoms with Crippen molar-refractivity contribution in [2.45, 2.75) is 0 Å². The average Bonchev–Trinajstić information content (AvgIpc) is 3.55. The summed E-state index contributed by atoms with van der Waals surface area (Å²) < 4.78 is 31.7. The molecule has 0 bridgehead atoms. The fourth-order valence-electron chi connectivity index (χ4n) is 6.87. The van der Waals surface area contributed by atoms with Gasteiger partial charge >= 0.3 is 0 Å². The molecule has 0 saturated heterocycles. The topological polar surface area (TPSA) is 67.4 Å². The number of rotatable bonds is 6. The Kier molecular flexibility index (Phi) is 7.83. The number of benzene rings is 7. The third-order valence-corrected chi connectivity index (χ3v) is 9.44. The second-order valence-corrected chi connectivity index (χ2v) is 12.7. The Morgan fingerprint density at radius 3 is 1.72 bits per heavy atom. The van der Waals surface area contributed by atoms with E-state index in [1.807, 2.05) is 115 Å². The van der Waals surface area contributed by atoms with Crippen molar-refractivity contribution < 1.29 is 8.78 Å². The fourth-order valence-corrected chi connectivity index (χ4v) is 6.87. The Hall–Kier alpha value is -7.30. The number of para-hydroxylation sites is 1. The van der Waals surface area contributed by atoms with Crippen LogP contribution in [-0.4, -0.2) is 19.5 Å². The summed E-state index contributed by atoms with van der Waals surface area (Å²) in [6.07, 6.45) is 0. The van der Waals surface area contributed by atoms with E-state index in [4.69, 9.17) is 15.0 Å². The average molecular weight is 688 g/mol. The van der Waals surface area contributed by atoms with Gasteiger partial charge in [0.1, 0.15) is 11.6 Å². The molecule has 53 heavy (non-hydrogen) atoms. The summed E-state index contributed by atoms with van der Waals surface area (Å²) in [5.41, 5.74) is 8.25. The Bertz CT molecular complexity index is 2800. The van der Waals surface area contributed by atoms with E-state index in [1.54, 1.807) is 0 Å². The molecule has 0 atom stereocenters. The maximum atomic E-state index is 15.4. The zero-order valence-corrected chi connectivity index (χ0v) is 28.1. The highest BCUT2D eigenvalue weighted by molar-refractivity contribution is 6.10. The lowest BCUT2D eigenvalue weighted by atomic mass is 10.0. The molecular weight excluding hydrogens is 661 g/mol. The Balaban J connectivity index is 1.36. The van der Waals surface area contributed by atoms with Crippen molar-refractivity contribution in [2.75, 3.05) is 0 Å². The second-order valence-electron chi connectivity index (χ2n) is 12.7. The lowest BCUT2D eigenvalue weighted by molar-refractivity contribution is 0.585. The van der Waals surface area contributed by atoms with E-state index in [2.05, 4.69) is 41.0 Å². The Morgan fingerprint density at radius 1 is 0.453 bits per heavy atom. The van der Waals surface area contributed by atoms with E-state index >= 15 is 4.39 Å². The highest BCUT2D eigenvalue weighted by Gasteiger charge is 2.21. The van der Waals surface area contributed by atoms with Crippen LogP contribution in [0.2, 0.25) is 0 Å². The lowest BCUT2D eigenvalue weighted by Gasteiger charge is -2.17. The molecule has 250 valence electrons. The lowest BCUT2D eigenvalue weighted by Crippen LogP contribution is -2.04. The van der Waals surface area contributed by atoms with Gasteiger partial charge < -0.3 is 4.57 Å². The van der Waals surface area contributed by atoms with Gasteiger partial charge in [0.15, 0.2) is 17.5 Å². The molecule has 9 rings (SSSR count). The molecule has 0 aliphatic heterocycles. The van der Waals surface area contributed by atoms with Gasteiger partial charge in [-0.25, -0.2) is 23.7 Å². The van der Waals surface area contributed by atoms with E-state index in [9.17, 15) is 9.65 Å². The molecule has 0 aliphatic carbocycles. The first-order valence-corrected chi connectivity index (χ1v) is 17.0. The first-order valence-electron chi connectivity index (χ1n) is 17.0. The van der Waals surface area contributed by atoms with Gasteiger partial charge in [-0.05, 0) is 65.2 Å². The summed E-state index contributed by atoms with van der Waals surface area (Å²) in [5, 5.41) is 11.4. The fraction of sp³-hybridized carbons (Fsp3) is 0. The van der Waals surface area contributed by atoms with Crippen molar-refractivity contribution in [3.05, 3.63) is 181 Å². The van der Waals surface area contributed by atoms with E-state index in [1.165, 1.54) is 12.1 Å². The van der Waals surface area contributed by atoms with Gasteiger partial charge in [0.25, 0.3) is 0 Å². The number of halogens is 2. The molecule has 9 aromatic rings. The smallest absolute Gasteiger partial charge is 0.166 e. The van der Waals surface area contributed by atoms with Crippen LogP contribution < -0.4 is 0 Å². The van der Waals surface area contributed by atoms with Crippen LogP contribution in [0.5, 0.6) is 0 Å². The molecule has 2 heterocycles. The SMILES string of the molecule is N#Cc1ccc(-c2ccc3c4ccccc4n(-c4cc(-c5ccc(F)cc5F)ccc4-c4nc(-c5ccccc5)nc(-c5ccccc5)n4)c3c2)cc1. The predicted molar refractivity (Wildman–Crippen MR) is 206 cm³/mol. The van der Waals surface area contributed by atoms with Crippen molar-refractivity contribution in [1.82, 2.24) is 19.5 Å². The van der Waals surface area contributed by atoms with Crippen LogP contribution in [0.1, 0.15) is 5.56 Å². The van der Waals surface area contributed by atoms with Crippen LogP contribution >= 0.6 is 0 Å². The summed E-state index contributed by atoms with van der Waals surface area (Å²) in [6, 6.07) is 53.0. The number of hydrogen-bond acceptors (Lipinski definition) is 4. The van der Waals surface area contributed by atoms with Crippen LogP contribution in [0, 0.1) is 23.0 Å². The maximum Gasteiger partial charge on any atom is 0.166 e. The Labute approximate surface area is 303 Å². The van der Waals surface area contributed by atoms with E-state index in [0.717, 1.165) is 50.1 Å². The van der Waals surface area contributed by atoms with Gasteiger partial charge in [0, 0.05) is 39.1 Å². The minimum absolute atomic E-state index is 0.267. The van der Waals surface area contributed by atoms with Crippen molar-refractivity contribution in [3.8, 4) is 68.2 Å². The molecule has 7 aromatic carbocycles. The summed E-state index contributed by atoms with van der Waals surface area (Å²) in [6.45, 7) is 0. The van der Waals surface area contributed by atoms with Crippen molar-refractivity contribution >= 4 is 21.8 Å². The van der Waals surface area contributed by atoms with Crippen LogP contribution in [0.15, 0.2) is 164 Å². The minimum Gasteiger partial charge on any atom is -0.308 e. The standard InChI is InChI=1S/C46H27F2N5/c47-35-21-24-36(40(48)27-35)34-20-23-39(46-51-44(31-9-3-1-4-10-31)50-45(52-46)32-11-5-2-6-12-32)43(26-34)53-41-14-8-7-13-37(41)38-22-19-33(25-42(38)53)30-17-15-29(28-49)16-18-30/h1-27H. The zero-order valence-electron chi connectivity index (χ0n) is 28.1. The highest BCUT2D eigenvalue weighted by Crippen LogP contribution is 2.40. The van der Waals surface area contributed by atoms with Crippen LogP contribution in [0.4, 0.5) is 8.78 Å². The third kappa shape index (κ3) is 5.78. The van der Waals surface area contributed by atoms with Crippen LogP contribution in [0.3, 0.4) is 0 Å². The molecule has 0 saturated carbocycles. The highest BCUT2D eigenvalue weighted by atomic mass is 19.1. The minimum atomic E-state index is -0.660. The van der Waals surface area contributed by atoms with Gasteiger partial charge in [-0.2, -0.15) is 5.26 Å². The molecule has 0 N–H and O–H groups in total. The van der Waals surface area contributed by atoms with E-state index < -0.39 is 11.6 Å². The molecule has 0 fully saturated rings. The monoisotopic (exact) mass is 687 g/mol. The maximum absolute atomic E-state index is 15.4. The van der Waals surface area contributed by atoms with E-state index in [-0.39, 0.29) is 5.56 Å². The van der Waals surface area contributed by atoms with Gasteiger partial charge in [-0.3, -0.25) is 0 Å². The first kappa shape index (κ1) is 31.7. The number of nitriles is 1. The molecule has 0 unspecified atom stereocenters. The predicted octanol–water partition coefficient (Wildman–Crippen LogP) is 11.5. The van der Waals surface area contributed by atoms with Crippen molar-refractivity contribution in [1.29, 1.82) is 5.26 Å². The van der Waals surface area contributed by atoms with Gasteiger partial charge in [-0.15, -0.1) is 0 Å². The van der Waals surface area contributed by atoms with Gasteiger partial charge in [-0.1, -0.05) is 109 Å². The summed E-state index contributed by atoms with van der Waals surface area (Å²) in [5.74, 6) is 0.159. The van der Waals surface area contributed by atoms with Gasteiger partial charge in [0.05, 0.1) is 28.4 Å². The number of aromatic nitrogens is 4. The largest absolute Gasteiger partial charge is 0.308 e. The van der Waals surface area contributed by atoms with Crippen molar-refractivity contribution in [3.63, 3.8) is 0 Å². The molecule has 0 radical (unpaired) electrons.